The van der Waals surface area contributed by atoms with Crippen molar-refractivity contribution in [3.8, 4) is 0 Å². The van der Waals surface area contributed by atoms with Gasteiger partial charge in [0, 0.05) is 11.6 Å². The van der Waals surface area contributed by atoms with Gasteiger partial charge in [0.1, 0.15) is 5.69 Å². The first-order chi connectivity index (χ1) is 13.8. The number of benzene rings is 2. The highest BCUT2D eigenvalue weighted by Crippen LogP contribution is 2.28. The molecule has 9 heteroatoms. The highest BCUT2D eigenvalue weighted by Gasteiger charge is 2.28. The van der Waals surface area contributed by atoms with Crippen LogP contribution in [0.1, 0.15) is 27.8 Å². The Bertz CT molecular complexity index is 1060. The van der Waals surface area contributed by atoms with E-state index >= 15 is 0 Å². The SMILES string of the molecule is Cc1ccc(NC(=O)[C@@H](OC(=O)c2ccc(Br)o2)c2ccccc2)c([N+](=O)[O-])c1. The second kappa shape index (κ2) is 8.70. The van der Waals surface area contributed by atoms with Crippen LogP contribution in [0.3, 0.4) is 0 Å². The summed E-state index contributed by atoms with van der Waals surface area (Å²) in [5.41, 5.74) is 0.817. The van der Waals surface area contributed by atoms with Crippen LogP contribution in [0.4, 0.5) is 11.4 Å². The van der Waals surface area contributed by atoms with Crippen LogP contribution in [0, 0.1) is 17.0 Å². The maximum absolute atomic E-state index is 12.9. The summed E-state index contributed by atoms with van der Waals surface area (Å²) in [5, 5.41) is 13.8. The van der Waals surface area contributed by atoms with Gasteiger partial charge in [-0.3, -0.25) is 14.9 Å². The Labute approximate surface area is 173 Å². The van der Waals surface area contributed by atoms with E-state index in [1.165, 1.54) is 24.3 Å². The summed E-state index contributed by atoms with van der Waals surface area (Å²) < 4.78 is 10.9. The molecule has 1 atom stereocenters. The Balaban J connectivity index is 1.89. The number of nitrogens with one attached hydrogen (secondary N) is 1. The third kappa shape index (κ3) is 4.88. The van der Waals surface area contributed by atoms with Crippen molar-refractivity contribution in [3.05, 3.63) is 92.3 Å². The van der Waals surface area contributed by atoms with Crippen molar-refractivity contribution in [1.82, 2.24) is 0 Å². The molecule has 0 spiro atoms. The normalized spacial score (nSPS) is 11.5. The van der Waals surface area contributed by atoms with Crippen molar-refractivity contribution in [2.45, 2.75) is 13.0 Å². The molecule has 2 aromatic carbocycles. The molecule has 148 valence electrons. The minimum atomic E-state index is -1.34. The predicted molar refractivity (Wildman–Crippen MR) is 107 cm³/mol. The molecule has 0 aliphatic carbocycles. The first-order valence-electron chi connectivity index (χ1n) is 8.42. The van der Waals surface area contributed by atoms with E-state index in [-0.39, 0.29) is 17.1 Å². The monoisotopic (exact) mass is 458 g/mol. The van der Waals surface area contributed by atoms with Crippen molar-refractivity contribution in [1.29, 1.82) is 0 Å². The molecule has 0 aliphatic heterocycles. The zero-order valence-electron chi connectivity index (χ0n) is 15.1. The average molecular weight is 459 g/mol. The molecule has 0 saturated heterocycles. The predicted octanol–water partition coefficient (Wildman–Crippen LogP) is 4.80. The highest BCUT2D eigenvalue weighted by molar-refractivity contribution is 9.10. The molecule has 0 fully saturated rings. The molecule has 0 saturated carbocycles. The van der Waals surface area contributed by atoms with Gasteiger partial charge in [0.2, 0.25) is 11.9 Å². The molecule has 1 amide bonds. The summed E-state index contributed by atoms with van der Waals surface area (Å²) in [6, 6.07) is 15.7. The van der Waals surface area contributed by atoms with Gasteiger partial charge in [0.15, 0.2) is 4.67 Å². The van der Waals surface area contributed by atoms with Gasteiger partial charge in [-0.1, -0.05) is 36.4 Å². The highest BCUT2D eigenvalue weighted by atomic mass is 79.9. The molecule has 1 N–H and O–H groups in total. The van der Waals surface area contributed by atoms with E-state index < -0.39 is 22.9 Å². The number of furan rings is 1. The van der Waals surface area contributed by atoms with E-state index in [4.69, 9.17) is 9.15 Å². The lowest BCUT2D eigenvalue weighted by atomic mass is 10.1. The molecular formula is C20H15BrN2O6. The van der Waals surface area contributed by atoms with Gasteiger partial charge in [0.05, 0.1) is 4.92 Å². The summed E-state index contributed by atoms with van der Waals surface area (Å²) in [6.07, 6.45) is -1.34. The van der Waals surface area contributed by atoms with Crippen LogP contribution in [-0.4, -0.2) is 16.8 Å². The first kappa shape index (κ1) is 20.3. The number of esters is 1. The number of halogens is 1. The van der Waals surface area contributed by atoms with Crippen molar-refractivity contribution >= 4 is 39.2 Å². The van der Waals surface area contributed by atoms with Gasteiger partial charge in [-0.25, -0.2) is 4.79 Å². The fourth-order valence-corrected chi connectivity index (χ4v) is 2.89. The van der Waals surface area contributed by atoms with Crippen molar-refractivity contribution in [3.63, 3.8) is 0 Å². The summed E-state index contributed by atoms with van der Waals surface area (Å²) in [5.74, 6) is -1.67. The van der Waals surface area contributed by atoms with Gasteiger partial charge in [-0.15, -0.1) is 0 Å². The van der Waals surface area contributed by atoms with E-state index in [0.717, 1.165) is 0 Å². The molecule has 0 bridgehead atoms. The van der Waals surface area contributed by atoms with Crippen molar-refractivity contribution in [2.24, 2.45) is 0 Å². The van der Waals surface area contributed by atoms with Crippen LogP contribution < -0.4 is 5.32 Å². The molecule has 1 aromatic heterocycles. The number of ether oxygens (including phenoxy) is 1. The summed E-state index contributed by atoms with van der Waals surface area (Å²) in [6.45, 7) is 1.70. The van der Waals surface area contributed by atoms with Crippen molar-refractivity contribution < 1.29 is 23.7 Å². The lowest BCUT2D eigenvalue weighted by molar-refractivity contribution is -0.384. The third-order valence-electron chi connectivity index (χ3n) is 3.95. The maximum Gasteiger partial charge on any atom is 0.375 e. The largest absolute Gasteiger partial charge is 0.442 e. The number of carbonyl (C=O) groups is 2. The zero-order valence-corrected chi connectivity index (χ0v) is 16.7. The molecule has 3 aromatic rings. The molecule has 0 unspecified atom stereocenters. The van der Waals surface area contributed by atoms with Gasteiger partial charge in [-0.05, 0) is 46.6 Å². The molecule has 8 nitrogen and oxygen atoms in total. The Morgan fingerprint density at radius 3 is 2.48 bits per heavy atom. The van der Waals surface area contributed by atoms with Gasteiger partial charge < -0.3 is 14.5 Å². The van der Waals surface area contributed by atoms with Crippen LogP contribution in [-0.2, 0) is 9.53 Å². The van der Waals surface area contributed by atoms with E-state index in [0.29, 0.717) is 15.8 Å². The second-order valence-electron chi connectivity index (χ2n) is 6.07. The lowest BCUT2D eigenvalue weighted by Gasteiger charge is -2.17. The Morgan fingerprint density at radius 1 is 1.14 bits per heavy atom. The fraction of sp³-hybridized carbons (Fsp3) is 0.100. The molecular weight excluding hydrogens is 444 g/mol. The molecule has 0 aliphatic rings. The molecule has 3 rings (SSSR count). The second-order valence-corrected chi connectivity index (χ2v) is 6.85. The lowest BCUT2D eigenvalue weighted by Crippen LogP contribution is -2.26. The Morgan fingerprint density at radius 2 is 1.86 bits per heavy atom. The number of nitrogens with zero attached hydrogens (tertiary/aromatic N) is 1. The van der Waals surface area contributed by atoms with Crippen LogP contribution in [0.5, 0.6) is 0 Å². The van der Waals surface area contributed by atoms with Crippen molar-refractivity contribution in [2.75, 3.05) is 5.32 Å². The van der Waals surface area contributed by atoms with E-state index in [1.54, 1.807) is 43.3 Å². The third-order valence-corrected chi connectivity index (χ3v) is 4.37. The molecule has 1 heterocycles. The summed E-state index contributed by atoms with van der Waals surface area (Å²) in [7, 11) is 0. The van der Waals surface area contributed by atoms with Gasteiger partial charge in [0.25, 0.3) is 11.6 Å². The van der Waals surface area contributed by atoms with Crippen LogP contribution in [0.25, 0.3) is 0 Å². The number of rotatable bonds is 6. The van der Waals surface area contributed by atoms with Gasteiger partial charge in [-0.2, -0.15) is 0 Å². The summed E-state index contributed by atoms with van der Waals surface area (Å²) in [4.78, 5) is 36.0. The van der Waals surface area contributed by atoms with E-state index in [9.17, 15) is 19.7 Å². The van der Waals surface area contributed by atoms with Gasteiger partial charge >= 0.3 is 5.97 Å². The van der Waals surface area contributed by atoms with Crippen LogP contribution >= 0.6 is 15.9 Å². The van der Waals surface area contributed by atoms with Crippen LogP contribution in [0.2, 0.25) is 0 Å². The minimum Gasteiger partial charge on any atom is -0.442 e. The number of amides is 1. The smallest absolute Gasteiger partial charge is 0.375 e. The standard InChI is InChI=1S/C20H15BrN2O6/c1-12-7-8-14(15(11-12)23(26)27)22-19(24)18(13-5-3-2-4-6-13)29-20(25)16-9-10-17(21)28-16/h2-11,18H,1H3,(H,22,24)/t18-/m0/s1. The Kier molecular flexibility index (Phi) is 6.08. The van der Waals surface area contributed by atoms with E-state index in [1.807, 2.05) is 0 Å². The number of carbonyl (C=O) groups excluding carboxylic acids is 2. The quantitative estimate of drug-likeness (QED) is 0.322. The molecule has 0 radical (unpaired) electrons. The number of nitro groups is 1. The summed E-state index contributed by atoms with van der Waals surface area (Å²) >= 11 is 3.09. The first-order valence-corrected chi connectivity index (χ1v) is 9.21. The Hall–Kier alpha value is -3.46. The number of hydrogen-bond donors (Lipinski definition) is 1. The number of anilines is 1. The van der Waals surface area contributed by atoms with Crippen LogP contribution in [0.15, 0.2) is 69.8 Å². The maximum atomic E-state index is 12.9. The minimum absolute atomic E-state index is 0.00308. The number of nitro benzene ring substituents is 1. The average Bonchev–Trinajstić information content (AvgIpc) is 3.14. The van der Waals surface area contributed by atoms with E-state index in [2.05, 4.69) is 21.2 Å². The fourth-order valence-electron chi connectivity index (χ4n) is 2.59. The molecule has 29 heavy (non-hydrogen) atoms. The number of aryl methyl sites for hydroxylation is 1. The zero-order chi connectivity index (χ0) is 21.0. The number of hydrogen-bond acceptors (Lipinski definition) is 6. The topological polar surface area (TPSA) is 112 Å².